The van der Waals surface area contributed by atoms with E-state index in [1.165, 1.54) is 70.4 Å². The summed E-state index contributed by atoms with van der Waals surface area (Å²) in [5, 5.41) is 0. The molecule has 2 heteroatoms. The molecule has 0 bridgehead atoms. The smallest absolute Gasteiger partial charge is 0.0238 e. The summed E-state index contributed by atoms with van der Waals surface area (Å²) >= 11 is 0. The lowest BCUT2D eigenvalue weighted by Gasteiger charge is -2.02. The van der Waals surface area contributed by atoms with Crippen LogP contribution in [0, 0.1) is 0 Å². The van der Waals surface area contributed by atoms with Crippen LogP contribution in [0.25, 0.3) is 0 Å². The van der Waals surface area contributed by atoms with E-state index in [2.05, 4.69) is 6.92 Å². The van der Waals surface area contributed by atoms with Crippen molar-refractivity contribution in [2.45, 2.75) is 77.6 Å². The molecule has 4 N–H and O–H groups in total. The molecule has 0 aliphatic rings. The Morgan fingerprint density at radius 3 is 1.69 bits per heavy atom. The van der Waals surface area contributed by atoms with Crippen LogP contribution in [0.2, 0.25) is 0 Å². The zero-order valence-electron chi connectivity index (χ0n) is 11.0. The van der Waals surface area contributed by atoms with Gasteiger partial charge in [0, 0.05) is 11.9 Å². The Kier molecular flexibility index (Phi) is 11.9. The SMILES string of the molecule is CCCCCCCCCCCCC(N)=CN. The van der Waals surface area contributed by atoms with Gasteiger partial charge < -0.3 is 11.5 Å². The van der Waals surface area contributed by atoms with E-state index in [1.54, 1.807) is 0 Å². The average molecular weight is 226 g/mol. The molecule has 16 heavy (non-hydrogen) atoms. The normalized spacial score (nSPS) is 11.9. The first kappa shape index (κ1) is 15.3. The molecule has 0 amide bonds. The maximum absolute atomic E-state index is 5.62. The molecule has 0 unspecified atom stereocenters. The Bertz CT molecular complexity index is 164. The molecule has 0 saturated heterocycles. The van der Waals surface area contributed by atoms with Gasteiger partial charge in [-0.25, -0.2) is 0 Å². The lowest BCUT2D eigenvalue weighted by molar-refractivity contribution is 0.555. The molecular weight excluding hydrogens is 196 g/mol. The molecule has 96 valence electrons. The number of hydrogen-bond donors (Lipinski definition) is 2. The van der Waals surface area contributed by atoms with Crippen molar-refractivity contribution >= 4 is 0 Å². The molecule has 0 aliphatic carbocycles. The molecule has 0 heterocycles. The van der Waals surface area contributed by atoms with Crippen molar-refractivity contribution in [3.63, 3.8) is 0 Å². The highest BCUT2D eigenvalue weighted by Gasteiger charge is 1.93. The first-order chi connectivity index (χ1) is 7.81. The second-order valence-electron chi connectivity index (χ2n) is 4.67. The number of nitrogens with two attached hydrogens (primary N) is 2. The number of unbranched alkanes of at least 4 members (excludes halogenated alkanes) is 9. The lowest BCUT2D eigenvalue weighted by Crippen LogP contribution is -2.00. The fourth-order valence-electron chi connectivity index (χ4n) is 1.90. The largest absolute Gasteiger partial charge is 0.403 e. The van der Waals surface area contributed by atoms with E-state index < -0.39 is 0 Å². The van der Waals surface area contributed by atoms with Gasteiger partial charge in [0.25, 0.3) is 0 Å². The molecule has 0 aromatic heterocycles. The Hall–Kier alpha value is -0.660. The van der Waals surface area contributed by atoms with Crippen LogP contribution >= 0.6 is 0 Å². The number of hydrogen-bond acceptors (Lipinski definition) is 2. The van der Waals surface area contributed by atoms with E-state index in [4.69, 9.17) is 11.5 Å². The predicted octanol–water partition coefficient (Wildman–Crippen LogP) is 4.06. The first-order valence-electron chi connectivity index (χ1n) is 6.97. The van der Waals surface area contributed by atoms with Gasteiger partial charge in [0.2, 0.25) is 0 Å². The van der Waals surface area contributed by atoms with Crippen LogP contribution in [-0.2, 0) is 0 Å². The third-order valence-electron chi connectivity index (χ3n) is 3.03. The maximum Gasteiger partial charge on any atom is 0.0238 e. The van der Waals surface area contributed by atoms with Gasteiger partial charge in [0.05, 0.1) is 0 Å². The van der Waals surface area contributed by atoms with E-state index in [1.807, 2.05) is 0 Å². The van der Waals surface area contributed by atoms with Crippen LogP contribution in [0.3, 0.4) is 0 Å². The van der Waals surface area contributed by atoms with E-state index in [0.717, 1.165) is 12.1 Å². The fraction of sp³-hybridized carbons (Fsp3) is 0.857. The monoisotopic (exact) mass is 226 g/mol. The highest BCUT2D eigenvalue weighted by atomic mass is 14.6. The van der Waals surface area contributed by atoms with Crippen molar-refractivity contribution in [2.24, 2.45) is 11.5 Å². The molecule has 0 spiro atoms. The second-order valence-corrected chi connectivity index (χ2v) is 4.67. The summed E-state index contributed by atoms with van der Waals surface area (Å²) in [5.74, 6) is 0. The van der Waals surface area contributed by atoms with Gasteiger partial charge in [-0.2, -0.15) is 0 Å². The molecular formula is C14H30N2. The molecule has 0 saturated carbocycles. The Labute approximate surface area is 101 Å². The minimum Gasteiger partial charge on any atom is -0.403 e. The van der Waals surface area contributed by atoms with Crippen molar-refractivity contribution < 1.29 is 0 Å². The van der Waals surface area contributed by atoms with Crippen molar-refractivity contribution in [1.82, 2.24) is 0 Å². The Morgan fingerprint density at radius 2 is 1.25 bits per heavy atom. The third-order valence-corrected chi connectivity index (χ3v) is 3.03. The molecule has 0 fully saturated rings. The van der Waals surface area contributed by atoms with E-state index in [9.17, 15) is 0 Å². The van der Waals surface area contributed by atoms with Crippen LogP contribution < -0.4 is 11.5 Å². The summed E-state index contributed by atoms with van der Waals surface area (Å²) in [6, 6.07) is 0. The van der Waals surface area contributed by atoms with Gasteiger partial charge >= 0.3 is 0 Å². The highest BCUT2D eigenvalue weighted by Crippen LogP contribution is 2.11. The highest BCUT2D eigenvalue weighted by molar-refractivity contribution is 4.92. The van der Waals surface area contributed by atoms with Crippen molar-refractivity contribution in [3.05, 3.63) is 11.9 Å². The fourth-order valence-corrected chi connectivity index (χ4v) is 1.90. The molecule has 0 atom stereocenters. The molecule has 2 nitrogen and oxygen atoms in total. The van der Waals surface area contributed by atoms with E-state index in [0.29, 0.717) is 0 Å². The minimum atomic E-state index is 0.833. The van der Waals surface area contributed by atoms with Crippen LogP contribution in [0.5, 0.6) is 0 Å². The second kappa shape index (κ2) is 12.4. The number of allylic oxidation sites excluding steroid dienone is 1. The molecule has 0 radical (unpaired) electrons. The lowest BCUT2D eigenvalue weighted by atomic mass is 10.1. The molecule has 0 rings (SSSR count). The van der Waals surface area contributed by atoms with Gasteiger partial charge in [0.1, 0.15) is 0 Å². The summed E-state index contributed by atoms with van der Waals surface area (Å²) in [4.78, 5) is 0. The summed E-state index contributed by atoms with van der Waals surface area (Å²) in [6.45, 7) is 2.27. The van der Waals surface area contributed by atoms with Crippen LogP contribution in [0.15, 0.2) is 11.9 Å². The van der Waals surface area contributed by atoms with Gasteiger partial charge in [0.15, 0.2) is 0 Å². The summed E-state index contributed by atoms with van der Waals surface area (Å²) in [5.41, 5.74) is 11.8. The van der Waals surface area contributed by atoms with Crippen molar-refractivity contribution in [2.75, 3.05) is 0 Å². The van der Waals surface area contributed by atoms with Crippen LogP contribution in [0.4, 0.5) is 0 Å². The topological polar surface area (TPSA) is 52.0 Å². The average Bonchev–Trinajstić information content (AvgIpc) is 2.31. The van der Waals surface area contributed by atoms with Gasteiger partial charge in [-0.15, -0.1) is 0 Å². The van der Waals surface area contributed by atoms with Crippen LogP contribution in [0.1, 0.15) is 77.6 Å². The maximum atomic E-state index is 5.62. The van der Waals surface area contributed by atoms with Gasteiger partial charge in [-0.3, -0.25) is 0 Å². The third kappa shape index (κ3) is 11.4. The Balaban J connectivity index is 2.99. The van der Waals surface area contributed by atoms with Gasteiger partial charge in [-0.05, 0) is 12.8 Å². The zero-order chi connectivity index (χ0) is 12.1. The first-order valence-corrected chi connectivity index (χ1v) is 6.97. The summed E-state index contributed by atoms with van der Waals surface area (Å²) in [6.07, 6.45) is 16.1. The Morgan fingerprint density at radius 1 is 0.812 bits per heavy atom. The molecule has 0 aromatic carbocycles. The van der Waals surface area contributed by atoms with E-state index in [-0.39, 0.29) is 0 Å². The summed E-state index contributed by atoms with van der Waals surface area (Å²) < 4.78 is 0. The van der Waals surface area contributed by atoms with Crippen molar-refractivity contribution in [1.29, 1.82) is 0 Å². The predicted molar refractivity (Wildman–Crippen MR) is 72.9 cm³/mol. The van der Waals surface area contributed by atoms with Gasteiger partial charge in [-0.1, -0.05) is 64.7 Å². The zero-order valence-corrected chi connectivity index (χ0v) is 11.0. The molecule has 0 aliphatic heterocycles. The number of rotatable bonds is 11. The standard InChI is InChI=1S/C14H30N2/c1-2-3-4-5-6-7-8-9-10-11-12-14(16)13-15/h13H,2-12,15-16H2,1H3. The molecule has 0 aromatic rings. The van der Waals surface area contributed by atoms with Crippen LogP contribution in [-0.4, -0.2) is 0 Å². The quantitative estimate of drug-likeness (QED) is 0.522. The summed E-state index contributed by atoms with van der Waals surface area (Å²) in [7, 11) is 0. The van der Waals surface area contributed by atoms with E-state index >= 15 is 0 Å². The van der Waals surface area contributed by atoms with Crippen molar-refractivity contribution in [3.8, 4) is 0 Å². The minimum absolute atomic E-state index is 0.833.